The minimum atomic E-state index is -1.18. The zero-order valence-corrected chi connectivity index (χ0v) is 18.0. The molecule has 1 heterocycles. The number of amides is 4. The van der Waals surface area contributed by atoms with Gasteiger partial charge in [0.15, 0.2) is 0 Å². The Bertz CT molecular complexity index is 1090. The maximum Gasteiger partial charge on any atom is 0.325 e. The van der Waals surface area contributed by atoms with E-state index in [1.807, 2.05) is 60.7 Å². The molecule has 168 valence electrons. The van der Waals surface area contributed by atoms with Gasteiger partial charge >= 0.3 is 6.03 Å². The summed E-state index contributed by atoms with van der Waals surface area (Å²) in [5, 5.41) is 5.54. The minimum Gasteiger partial charge on any atom is -0.350 e. The third-order valence-electron chi connectivity index (χ3n) is 5.65. The number of carbonyl (C=O) groups excluding carboxylic acids is 3. The maximum absolute atomic E-state index is 13.5. The molecule has 33 heavy (non-hydrogen) atoms. The molecule has 0 bridgehead atoms. The number of rotatable bonds is 8. The highest BCUT2D eigenvalue weighted by Crippen LogP contribution is 2.27. The molecule has 3 aromatic carbocycles. The Hall–Kier alpha value is -4.00. The van der Waals surface area contributed by atoms with Crippen molar-refractivity contribution in [3.05, 3.63) is 107 Å². The van der Waals surface area contributed by atoms with Crippen LogP contribution in [0.2, 0.25) is 0 Å². The molecule has 0 atom stereocenters. The SMILES string of the molecule is O=C(CN1C(=O)NC(Cc2ccccc2)(Cc2ccccc2)C1=O)NCc1ccc(F)cc1. The lowest BCUT2D eigenvalue weighted by atomic mass is 9.84. The highest BCUT2D eigenvalue weighted by Gasteiger charge is 2.51. The number of hydrogen-bond acceptors (Lipinski definition) is 3. The van der Waals surface area contributed by atoms with E-state index in [4.69, 9.17) is 0 Å². The molecule has 1 fully saturated rings. The van der Waals surface area contributed by atoms with Crippen molar-refractivity contribution < 1.29 is 18.8 Å². The topological polar surface area (TPSA) is 78.5 Å². The molecule has 4 amide bonds. The van der Waals surface area contributed by atoms with E-state index in [9.17, 15) is 18.8 Å². The van der Waals surface area contributed by atoms with Crippen molar-refractivity contribution in [1.29, 1.82) is 0 Å². The highest BCUT2D eigenvalue weighted by atomic mass is 19.1. The number of hydrogen-bond donors (Lipinski definition) is 2. The number of benzene rings is 3. The smallest absolute Gasteiger partial charge is 0.325 e. The summed E-state index contributed by atoms with van der Waals surface area (Å²) in [6, 6.07) is 24.1. The Morgan fingerprint density at radius 3 is 1.91 bits per heavy atom. The van der Waals surface area contributed by atoms with Crippen LogP contribution in [0.3, 0.4) is 0 Å². The van der Waals surface area contributed by atoms with E-state index in [1.54, 1.807) is 12.1 Å². The van der Waals surface area contributed by atoms with Gasteiger partial charge in [-0.25, -0.2) is 9.18 Å². The average Bonchev–Trinajstić information content (AvgIpc) is 3.04. The summed E-state index contributed by atoms with van der Waals surface area (Å²) in [6.07, 6.45) is 0.613. The second kappa shape index (κ2) is 9.65. The van der Waals surface area contributed by atoms with Crippen LogP contribution in [-0.4, -0.2) is 34.8 Å². The lowest BCUT2D eigenvalue weighted by Crippen LogP contribution is -2.51. The Kier molecular flexibility index (Phi) is 6.49. The zero-order chi connectivity index (χ0) is 23.3. The van der Waals surface area contributed by atoms with Crippen LogP contribution in [-0.2, 0) is 29.0 Å². The molecule has 2 N–H and O–H groups in total. The van der Waals surface area contributed by atoms with E-state index in [0.29, 0.717) is 18.4 Å². The first-order valence-corrected chi connectivity index (χ1v) is 10.7. The molecule has 1 saturated heterocycles. The molecule has 0 unspecified atom stereocenters. The molecule has 4 rings (SSSR count). The molecule has 0 spiro atoms. The molecular weight excluding hydrogens is 421 g/mol. The molecule has 1 aliphatic rings. The highest BCUT2D eigenvalue weighted by molar-refractivity contribution is 6.09. The summed E-state index contributed by atoms with van der Waals surface area (Å²) < 4.78 is 13.1. The van der Waals surface area contributed by atoms with Crippen LogP contribution >= 0.6 is 0 Å². The van der Waals surface area contributed by atoms with Crippen molar-refractivity contribution in [3.8, 4) is 0 Å². The van der Waals surface area contributed by atoms with Gasteiger partial charge in [0, 0.05) is 19.4 Å². The summed E-state index contributed by atoms with van der Waals surface area (Å²) in [6.45, 7) is -0.223. The lowest BCUT2D eigenvalue weighted by molar-refractivity contribution is -0.135. The third-order valence-corrected chi connectivity index (χ3v) is 5.65. The Morgan fingerprint density at radius 1 is 0.818 bits per heavy atom. The molecule has 6 nitrogen and oxygen atoms in total. The first-order valence-electron chi connectivity index (χ1n) is 10.7. The van der Waals surface area contributed by atoms with E-state index in [2.05, 4.69) is 10.6 Å². The van der Waals surface area contributed by atoms with Gasteiger partial charge in [-0.2, -0.15) is 0 Å². The molecule has 0 radical (unpaired) electrons. The van der Waals surface area contributed by atoms with E-state index in [-0.39, 0.29) is 12.4 Å². The largest absolute Gasteiger partial charge is 0.350 e. The van der Waals surface area contributed by atoms with Gasteiger partial charge in [0.2, 0.25) is 5.91 Å². The molecule has 0 aromatic heterocycles. The molecule has 1 aliphatic heterocycles. The molecule has 3 aromatic rings. The number of carbonyl (C=O) groups is 3. The van der Waals surface area contributed by atoms with Crippen molar-refractivity contribution in [1.82, 2.24) is 15.5 Å². The van der Waals surface area contributed by atoms with Gasteiger partial charge in [0.05, 0.1) is 0 Å². The lowest BCUT2D eigenvalue weighted by Gasteiger charge is -2.27. The summed E-state index contributed by atoms with van der Waals surface area (Å²) in [7, 11) is 0. The van der Waals surface area contributed by atoms with Crippen LogP contribution in [0, 0.1) is 5.82 Å². The zero-order valence-electron chi connectivity index (χ0n) is 18.0. The van der Waals surface area contributed by atoms with Gasteiger partial charge < -0.3 is 10.6 Å². The van der Waals surface area contributed by atoms with Crippen LogP contribution in [0.5, 0.6) is 0 Å². The maximum atomic E-state index is 13.5. The average molecular weight is 445 g/mol. The number of halogens is 1. The van der Waals surface area contributed by atoms with Crippen molar-refractivity contribution in [2.75, 3.05) is 6.54 Å². The van der Waals surface area contributed by atoms with Crippen LogP contribution in [0.1, 0.15) is 16.7 Å². The quantitative estimate of drug-likeness (QED) is 0.523. The van der Waals surface area contributed by atoms with Gasteiger partial charge in [-0.3, -0.25) is 14.5 Å². The molecule has 7 heteroatoms. The summed E-state index contributed by atoms with van der Waals surface area (Å²) in [5.74, 6) is -1.27. The summed E-state index contributed by atoms with van der Waals surface area (Å²) in [5.41, 5.74) is 1.34. The predicted octanol–water partition coefficient (Wildman–Crippen LogP) is 3.22. The molecular formula is C26H24FN3O3. The Balaban J connectivity index is 1.50. The Morgan fingerprint density at radius 2 is 1.36 bits per heavy atom. The minimum absolute atomic E-state index is 0.169. The van der Waals surface area contributed by atoms with E-state index in [0.717, 1.165) is 16.0 Å². The van der Waals surface area contributed by atoms with E-state index in [1.165, 1.54) is 12.1 Å². The number of imide groups is 1. The number of nitrogens with zero attached hydrogens (tertiary/aromatic N) is 1. The monoisotopic (exact) mass is 445 g/mol. The van der Waals surface area contributed by atoms with Crippen LogP contribution in [0.4, 0.5) is 9.18 Å². The Labute approximate surface area is 191 Å². The molecule has 0 saturated carbocycles. The molecule has 0 aliphatic carbocycles. The summed E-state index contributed by atoms with van der Waals surface area (Å²) in [4.78, 5) is 39.8. The van der Waals surface area contributed by atoms with Gasteiger partial charge in [0.25, 0.3) is 5.91 Å². The summed E-state index contributed by atoms with van der Waals surface area (Å²) >= 11 is 0. The van der Waals surface area contributed by atoms with Crippen molar-refractivity contribution in [2.45, 2.75) is 24.9 Å². The first-order chi connectivity index (χ1) is 15.9. The second-order valence-corrected chi connectivity index (χ2v) is 8.13. The fourth-order valence-electron chi connectivity index (χ4n) is 4.01. The fraction of sp³-hybridized carbons (Fsp3) is 0.192. The van der Waals surface area contributed by atoms with Gasteiger partial charge in [0.1, 0.15) is 17.9 Å². The van der Waals surface area contributed by atoms with E-state index >= 15 is 0 Å². The number of urea groups is 1. The first kappa shape index (κ1) is 22.2. The van der Waals surface area contributed by atoms with Crippen molar-refractivity contribution in [2.24, 2.45) is 0 Å². The second-order valence-electron chi connectivity index (χ2n) is 8.13. The van der Waals surface area contributed by atoms with Crippen LogP contribution in [0.15, 0.2) is 84.9 Å². The van der Waals surface area contributed by atoms with Gasteiger partial charge in [-0.1, -0.05) is 72.8 Å². The van der Waals surface area contributed by atoms with Gasteiger partial charge in [-0.05, 0) is 28.8 Å². The predicted molar refractivity (Wildman–Crippen MR) is 122 cm³/mol. The normalized spacial score (nSPS) is 14.8. The number of nitrogens with one attached hydrogen (secondary N) is 2. The fourth-order valence-corrected chi connectivity index (χ4v) is 4.01. The van der Waals surface area contributed by atoms with Crippen molar-refractivity contribution >= 4 is 17.8 Å². The van der Waals surface area contributed by atoms with Crippen molar-refractivity contribution in [3.63, 3.8) is 0 Å². The standard InChI is InChI=1S/C26H24FN3O3/c27-22-13-11-21(12-14-22)17-28-23(31)18-30-24(32)26(29-25(30)33,15-19-7-3-1-4-8-19)16-20-9-5-2-6-10-20/h1-14H,15-18H2,(H,28,31)(H,29,33). The third kappa shape index (κ3) is 5.26. The van der Waals surface area contributed by atoms with Gasteiger partial charge in [-0.15, -0.1) is 0 Å². The van der Waals surface area contributed by atoms with E-state index < -0.39 is 29.9 Å². The van der Waals surface area contributed by atoms with Crippen LogP contribution < -0.4 is 10.6 Å². The van der Waals surface area contributed by atoms with Crippen LogP contribution in [0.25, 0.3) is 0 Å².